The van der Waals surface area contributed by atoms with Crippen LogP contribution in [-0.2, 0) is 15.1 Å². The van der Waals surface area contributed by atoms with Crippen LogP contribution < -0.4 is 5.32 Å². The van der Waals surface area contributed by atoms with Crippen molar-refractivity contribution in [2.75, 3.05) is 7.11 Å². The van der Waals surface area contributed by atoms with Crippen molar-refractivity contribution in [3.63, 3.8) is 0 Å². The summed E-state index contributed by atoms with van der Waals surface area (Å²) in [5, 5.41) is 2.34. The second-order valence-corrected chi connectivity index (χ2v) is 5.24. The predicted octanol–water partition coefficient (Wildman–Crippen LogP) is 1.88. The Bertz CT molecular complexity index is 781. The first-order valence-electron chi connectivity index (χ1n) is 6.93. The van der Waals surface area contributed by atoms with E-state index in [1.165, 1.54) is 19.3 Å². The van der Waals surface area contributed by atoms with E-state index in [1.54, 1.807) is 6.92 Å². The Hall–Kier alpha value is -2.90. The number of carbonyl (C=O) groups excluding carboxylic acids is 2. The molecule has 24 heavy (non-hydrogen) atoms. The van der Waals surface area contributed by atoms with Crippen molar-refractivity contribution in [2.24, 2.45) is 0 Å². The molecule has 1 unspecified atom stereocenters. The largest absolute Gasteiger partial charge is 0.467 e. The molecule has 2 rings (SSSR count). The number of nitrogens with zero attached hydrogens (tertiary/aromatic N) is 2. The molecule has 1 aromatic carbocycles. The molecule has 1 atom stereocenters. The molecule has 8 heteroatoms. The molecule has 0 radical (unpaired) electrons. The van der Waals surface area contributed by atoms with Crippen LogP contribution in [0.3, 0.4) is 0 Å². The fourth-order valence-electron chi connectivity index (χ4n) is 2.11. The maximum Gasteiger partial charge on any atom is 0.336 e. The van der Waals surface area contributed by atoms with Gasteiger partial charge in [0.2, 0.25) is 0 Å². The van der Waals surface area contributed by atoms with Gasteiger partial charge in [-0.3, -0.25) is 9.78 Å². The van der Waals surface area contributed by atoms with Crippen LogP contribution in [-0.4, -0.2) is 29.0 Å². The SMILES string of the molecule is COC(=O)C(C)(NC(=O)c1cnc(C)cn1)c1cc(F)ccc1F. The van der Waals surface area contributed by atoms with Crippen LogP contribution in [0.4, 0.5) is 8.78 Å². The number of aryl methyl sites for hydroxylation is 1. The summed E-state index contributed by atoms with van der Waals surface area (Å²) in [6, 6.07) is 2.60. The van der Waals surface area contributed by atoms with Gasteiger partial charge in [0.15, 0.2) is 5.54 Å². The Kier molecular flexibility index (Phi) is 4.87. The quantitative estimate of drug-likeness (QED) is 0.863. The summed E-state index contributed by atoms with van der Waals surface area (Å²) < 4.78 is 32.3. The van der Waals surface area contributed by atoms with E-state index in [0.717, 1.165) is 25.3 Å². The number of halogens is 2. The minimum absolute atomic E-state index is 0.0764. The van der Waals surface area contributed by atoms with Crippen molar-refractivity contribution in [3.05, 3.63) is 59.2 Å². The number of hydrogen-bond donors (Lipinski definition) is 1. The summed E-state index contributed by atoms with van der Waals surface area (Å²) in [6.45, 7) is 2.91. The van der Waals surface area contributed by atoms with Crippen molar-refractivity contribution >= 4 is 11.9 Å². The summed E-state index contributed by atoms with van der Waals surface area (Å²) >= 11 is 0. The van der Waals surface area contributed by atoms with Crippen LogP contribution >= 0.6 is 0 Å². The Morgan fingerprint density at radius 3 is 2.50 bits per heavy atom. The third-order valence-electron chi connectivity index (χ3n) is 3.44. The average Bonchev–Trinajstić information content (AvgIpc) is 2.56. The van der Waals surface area contributed by atoms with Crippen LogP contribution in [0.25, 0.3) is 0 Å². The van der Waals surface area contributed by atoms with Gasteiger partial charge in [-0.05, 0) is 32.0 Å². The Morgan fingerprint density at radius 2 is 1.92 bits per heavy atom. The van der Waals surface area contributed by atoms with Crippen molar-refractivity contribution < 1.29 is 23.1 Å². The molecule has 0 saturated heterocycles. The summed E-state index contributed by atoms with van der Waals surface area (Å²) in [5.74, 6) is -3.36. The Morgan fingerprint density at radius 1 is 1.21 bits per heavy atom. The van der Waals surface area contributed by atoms with Crippen LogP contribution in [0, 0.1) is 18.6 Å². The molecule has 0 aliphatic carbocycles. The fourth-order valence-corrected chi connectivity index (χ4v) is 2.11. The molecule has 0 saturated carbocycles. The molecule has 0 bridgehead atoms. The van der Waals surface area contributed by atoms with E-state index in [-0.39, 0.29) is 11.3 Å². The first-order valence-corrected chi connectivity index (χ1v) is 6.93. The number of methoxy groups -OCH3 is 1. The molecule has 1 heterocycles. The van der Waals surface area contributed by atoms with E-state index in [2.05, 4.69) is 20.0 Å². The van der Waals surface area contributed by atoms with E-state index in [0.29, 0.717) is 5.69 Å². The zero-order valence-electron chi connectivity index (χ0n) is 13.3. The van der Waals surface area contributed by atoms with Gasteiger partial charge in [0, 0.05) is 11.8 Å². The van der Waals surface area contributed by atoms with E-state index in [1.807, 2.05) is 0 Å². The molecule has 0 aliphatic rings. The van der Waals surface area contributed by atoms with Gasteiger partial charge in [-0.15, -0.1) is 0 Å². The molecule has 0 aliphatic heterocycles. The predicted molar refractivity (Wildman–Crippen MR) is 80.0 cm³/mol. The summed E-state index contributed by atoms with van der Waals surface area (Å²) in [5.41, 5.74) is -1.78. The number of amides is 1. The highest BCUT2D eigenvalue weighted by atomic mass is 19.1. The third kappa shape index (κ3) is 3.37. The van der Waals surface area contributed by atoms with Crippen LogP contribution in [0.1, 0.15) is 28.7 Å². The monoisotopic (exact) mass is 335 g/mol. The van der Waals surface area contributed by atoms with Crippen molar-refractivity contribution in [1.29, 1.82) is 0 Å². The number of benzene rings is 1. The highest BCUT2D eigenvalue weighted by molar-refractivity contribution is 5.96. The topological polar surface area (TPSA) is 81.2 Å². The van der Waals surface area contributed by atoms with Gasteiger partial charge in [0.05, 0.1) is 19.0 Å². The van der Waals surface area contributed by atoms with Gasteiger partial charge in [-0.1, -0.05) is 0 Å². The first-order chi connectivity index (χ1) is 11.3. The van der Waals surface area contributed by atoms with Gasteiger partial charge < -0.3 is 10.1 Å². The van der Waals surface area contributed by atoms with Crippen LogP contribution in [0.5, 0.6) is 0 Å². The molecule has 6 nitrogen and oxygen atoms in total. The average molecular weight is 335 g/mol. The van der Waals surface area contributed by atoms with Gasteiger partial charge in [-0.25, -0.2) is 18.6 Å². The second kappa shape index (κ2) is 6.69. The first kappa shape index (κ1) is 17.5. The van der Waals surface area contributed by atoms with Crippen molar-refractivity contribution in [3.8, 4) is 0 Å². The summed E-state index contributed by atoms with van der Waals surface area (Å²) in [4.78, 5) is 32.3. The lowest BCUT2D eigenvalue weighted by atomic mass is 9.91. The molecular weight excluding hydrogens is 320 g/mol. The standard InChI is InChI=1S/C16H15F2N3O3/c1-9-7-20-13(8-19-9)14(22)21-16(2,15(23)24-3)11-6-10(17)4-5-12(11)18/h4-8H,1-3H3,(H,21,22). The number of carbonyl (C=O) groups is 2. The van der Waals surface area contributed by atoms with E-state index >= 15 is 0 Å². The van der Waals surface area contributed by atoms with Crippen molar-refractivity contribution in [2.45, 2.75) is 19.4 Å². The third-order valence-corrected chi connectivity index (χ3v) is 3.44. The molecule has 126 valence electrons. The smallest absolute Gasteiger partial charge is 0.336 e. The second-order valence-electron chi connectivity index (χ2n) is 5.24. The molecular formula is C16H15F2N3O3. The number of hydrogen-bond acceptors (Lipinski definition) is 5. The minimum Gasteiger partial charge on any atom is -0.467 e. The number of ether oxygens (including phenoxy) is 1. The Labute approximate surface area is 136 Å². The van der Waals surface area contributed by atoms with Crippen LogP contribution in [0.15, 0.2) is 30.6 Å². The van der Waals surface area contributed by atoms with Crippen LogP contribution in [0.2, 0.25) is 0 Å². The summed E-state index contributed by atoms with van der Waals surface area (Å²) in [7, 11) is 1.08. The lowest BCUT2D eigenvalue weighted by molar-refractivity contribution is -0.148. The molecule has 1 amide bonds. The molecule has 1 aromatic heterocycles. The molecule has 1 N–H and O–H groups in total. The Balaban J connectivity index is 2.45. The van der Waals surface area contributed by atoms with Crippen molar-refractivity contribution in [1.82, 2.24) is 15.3 Å². The van der Waals surface area contributed by atoms with Gasteiger partial charge in [0.1, 0.15) is 17.3 Å². The molecule has 0 spiro atoms. The maximum absolute atomic E-state index is 14.1. The minimum atomic E-state index is -1.94. The maximum atomic E-state index is 14.1. The zero-order valence-corrected chi connectivity index (χ0v) is 13.3. The van der Waals surface area contributed by atoms with E-state index in [9.17, 15) is 18.4 Å². The summed E-state index contributed by atoms with van der Waals surface area (Å²) in [6.07, 6.45) is 2.58. The highest BCUT2D eigenvalue weighted by Gasteiger charge is 2.41. The number of aromatic nitrogens is 2. The van der Waals surface area contributed by atoms with Gasteiger partial charge >= 0.3 is 5.97 Å². The number of rotatable bonds is 4. The van der Waals surface area contributed by atoms with E-state index in [4.69, 9.17) is 0 Å². The lowest BCUT2D eigenvalue weighted by Crippen LogP contribution is -2.51. The normalized spacial score (nSPS) is 13.0. The molecule has 0 fully saturated rings. The fraction of sp³-hybridized carbons (Fsp3) is 0.250. The van der Waals surface area contributed by atoms with Gasteiger partial charge in [-0.2, -0.15) is 0 Å². The lowest BCUT2D eigenvalue weighted by Gasteiger charge is -2.28. The van der Waals surface area contributed by atoms with Gasteiger partial charge in [0.25, 0.3) is 5.91 Å². The molecule has 2 aromatic rings. The van der Waals surface area contributed by atoms with E-state index < -0.39 is 29.0 Å². The number of nitrogens with one attached hydrogen (secondary N) is 1. The number of esters is 1. The highest BCUT2D eigenvalue weighted by Crippen LogP contribution is 2.26. The zero-order chi connectivity index (χ0) is 17.9.